The van der Waals surface area contributed by atoms with E-state index in [1.54, 1.807) is 35.8 Å². The van der Waals surface area contributed by atoms with Crippen molar-refractivity contribution in [2.45, 2.75) is 30.8 Å². The number of thioether (sulfide) groups is 1. The highest BCUT2D eigenvalue weighted by Crippen LogP contribution is 2.26. The first-order valence-corrected chi connectivity index (χ1v) is 14.0. The lowest BCUT2D eigenvalue weighted by atomic mass is 10.1. The smallest absolute Gasteiger partial charge is 0.266 e. The van der Waals surface area contributed by atoms with Gasteiger partial charge in [0.2, 0.25) is 15.9 Å². The van der Waals surface area contributed by atoms with E-state index in [9.17, 15) is 18.0 Å². The third-order valence-corrected chi connectivity index (χ3v) is 8.91. The number of aromatic nitrogens is 2. The van der Waals surface area contributed by atoms with Crippen molar-refractivity contribution in [3.05, 3.63) is 87.7 Å². The summed E-state index contributed by atoms with van der Waals surface area (Å²) in [6.45, 7) is 5.72. The summed E-state index contributed by atoms with van der Waals surface area (Å²) in [6, 6.07) is 17.5. The number of nitrogens with zero attached hydrogens (tertiary/aromatic N) is 3. The van der Waals surface area contributed by atoms with Gasteiger partial charge in [0.15, 0.2) is 5.16 Å². The lowest BCUT2D eigenvalue weighted by Crippen LogP contribution is -2.24. The minimum Gasteiger partial charge on any atom is -0.325 e. The molecule has 1 amide bonds. The SMILES string of the molecule is Cc1ccc(S(=O)(=O)N(C)C)cc1NC(=O)CSc1nc2ccccc2c(=O)n1-c1cccc(C)c1C. The zero-order valence-electron chi connectivity index (χ0n) is 21.3. The number of fused-ring (bicyclic) bond motifs is 1. The summed E-state index contributed by atoms with van der Waals surface area (Å²) in [4.78, 5) is 31.3. The molecule has 0 saturated heterocycles. The van der Waals surface area contributed by atoms with Crippen molar-refractivity contribution in [2.24, 2.45) is 0 Å². The molecule has 0 atom stereocenters. The second kappa shape index (κ2) is 10.5. The largest absolute Gasteiger partial charge is 0.325 e. The van der Waals surface area contributed by atoms with E-state index in [1.807, 2.05) is 38.1 Å². The zero-order valence-corrected chi connectivity index (χ0v) is 22.9. The fourth-order valence-corrected chi connectivity index (χ4v) is 5.56. The quantitative estimate of drug-likeness (QED) is 0.279. The maximum Gasteiger partial charge on any atom is 0.266 e. The summed E-state index contributed by atoms with van der Waals surface area (Å²) >= 11 is 1.15. The van der Waals surface area contributed by atoms with Crippen molar-refractivity contribution in [3.63, 3.8) is 0 Å². The summed E-state index contributed by atoms with van der Waals surface area (Å²) in [5, 5.41) is 3.69. The molecule has 4 aromatic rings. The Kier molecular flexibility index (Phi) is 7.54. The molecule has 0 aliphatic rings. The standard InChI is InChI=1S/C27H28N4O4S2/c1-17-9-8-12-24(19(17)3)31-26(33)21-10-6-7-11-22(21)29-27(31)36-16-25(32)28-23-15-20(14-13-18(23)2)37(34,35)30(4)5/h6-15H,16H2,1-5H3,(H,28,32). The number of rotatable bonds is 7. The minimum atomic E-state index is -3.65. The Balaban J connectivity index is 1.67. The summed E-state index contributed by atoms with van der Waals surface area (Å²) in [5.74, 6) is -0.373. The van der Waals surface area contributed by atoms with Gasteiger partial charge >= 0.3 is 0 Å². The van der Waals surface area contributed by atoms with Gasteiger partial charge in [-0.25, -0.2) is 17.7 Å². The predicted octanol–water partition coefficient (Wildman–Crippen LogP) is 4.29. The van der Waals surface area contributed by atoms with Crippen LogP contribution in [0.1, 0.15) is 16.7 Å². The Labute approximate surface area is 220 Å². The molecule has 1 aromatic heterocycles. The van der Waals surface area contributed by atoms with E-state index in [-0.39, 0.29) is 22.1 Å². The van der Waals surface area contributed by atoms with Crippen LogP contribution in [0.4, 0.5) is 5.69 Å². The highest BCUT2D eigenvalue weighted by Gasteiger charge is 2.20. The Bertz CT molecular complexity index is 1680. The molecule has 0 saturated carbocycles. The lowest BCUT2D eigenvalue weighted by molar-refractivity contribution is -0.113. The predicted molar refractivity (Wildman–Crippen MR) is 148 cm³/mol. The van der Waals surface area contributed by atoms with Crippen molar-refractivity contribution >= 4 is 44.3 Å². The van der Waals surface area contributed by atoms with Crippen LogP contribution in [-0.4, -0.2) is 48.0 Å². The maximum atomic E-state index is 13.5. The van der Waals surface area contributed by atoms with Crippen molar-refractivity contribution < 1.29 is 13.2 Å². The molecular formula is C27H28N4O4S2. The number of aryl methyl sites for hydroxylation is 2. The van der Waals surface area contributed by atoms with Crippen LogP contribution in [0.15, 0.2) is 75.5 Å². The lowest BCUT2D eigenvalue weighted by Gasteiger charge is -2.17. The Hall–Kier alpha value is -3.47. The molecule has 3 aromatic carbocycles. The fraction of sp³-hybridized carbons (Fsp3) is 0.222. The van der Waals surface area contributed by atoms with Gasteiger partial charge in [0, 0.05) is 19.8 Å². The van der Waals surface area contributed by atoms with E-state index in [2.05, 4.69) is 5.32 Å². The van der Waals surface area contributed by atoms with Gasteiger partial charge in [-0.05, 0) is 67.8 Å². The molecule has 0 spiro atoms. The van der Waals surface area contributed by atoms with Crippen molar-refractivity contribution in [2.75, 3.05) is 25.2 Å². The van der Waals surface area contributed by atoms with Gasteiger partial charge in [0.05, 0.1) is 27.2 Å². The van der Waals surface area contributed by atoms with E-state index < -0.39 is 10.0 Å². The topological polar surface area (TPSA) is 101 Å². The van der Waals surface area contributed by atoms with E-state index in [0.29, 0.717) is 27.4 Å². The molecular weight excluding hydrogens is 508 g/mol. The number of benzene rings is 3. The van der Waals surface area contributed by atoms with Gasteiger partial charge in [-0.3, -0.25) is 14.2 Å². The van der Waals surface area contributed by atoms with E-state index in [0.717, 1.165) is 32.8 Å². The van der Waals surface area contributed by atoms with Crippen molar-refractivity contribution in [3.8, 4) is 5.69 Å². The zero-order chi connectivity index (χ0) is 26.9. The van der Waals surface area contributed by atoms with Crippen LogP contribution in [0.25, 0.3) is 16.6 Å². The molecule has 10 heteroatoms. The van der Waals surface area contributed by atoms with Gasteiger partial charge in [0.25, 0.3) is 5.56 Å². The Morgan fingerprint density at radius 3 is 2.46 bits per heavy atom. The van der Waals surface area contributed by atoms with Crippen LogP contribution in [0.3, 0.4) is 0 Å². The molecule has 0 bridgehead atoms. The van der Waals surface area contributed by atoms with E-state index >= 15 is 0 Å². The fourth-order valence-electron chi connectivity index (χ4n) is 3.82. The number of carbonyl (C=O) groups is 1. The van der Waals surface area contributed by atoms with Gasteiger partial charge in [0.1, 0.15) is 0 Å². The van der Waals surface area contributed by atoms with E-state index in [4.69, 9.17) is 4.98 Å². The van der Waals surface area contributed by atoms with Gasteiger partial charge in [-0.2, -0.15) is 0 Å². The summed E-state index contributed by atoms with van der Waals surface area (Å²) in [6.07, 6.45) is 0. The first kappa shape index (κ1) is 26.6. The second-order valence-corrected chi connectivity index (χ2v) is 12.0. The van der Waals surface area contributed by atoms with Crippen LogP contribution >= 0.6 is 11.8 Å². The van der Waals surface area contributed by atoms with Crippen LogP contribution < -0.4 is 10.9 Å². The number of amides is 1. The number of anilines is 1. The van der Waals surface area contributed by atoms with Crippen LogP contribution in [0.5, 0.6) is 0 Å². The summed E-state index contributed by atoms with van der Waals surface area (Å²) < 4.78 is 27.7. The monoisotopic (exact) mass is 536 g/mol. The Morgan fingerprint density at radius 1 is 1.00 bits per heavy atom. The normalized spacial score (nSPS) is 11.7. The molecule has 0 fully saturated rings. The molecule has 0 unspecified atom stereocenters. The number of para-hydroxylation sites is 1. The number of sulfonamides is 1. The minimum absolute atomic E-state index is 0.0280. The number of nitrogens with one attached hydrogen (secondary N) is 1. The van der Waals surface area contributed by atoms with Crippen molar-refractivity contribution in [1.82, 2.24) is 13.9 Å². The molecule has 0 aliphatic heterocycles. The summed E-state index contributed by atoms with van der Waals surface area (Å²) in [5.41, 5.74) is 4.17. The van der Waals surface area contributed by atoms with E-state index in [1.165, 1.54) is 26.2 Å². The van der Waals surface area contributed by atoms with Crippen LogP contribution in [0.2, 0.25) is 0 Å². The highest BCUT2D eigenvalue weighted by atomic mass is 32.2. The van der Waals surface area contributed by atoms with Crippen LogP contribution in [-0.2, 0) is 14.8 Å². The third-order valence-electron chi connectivity index (χ3n) is 6.16. The first-order chi connectivity index (χ1) is 17.5. The van der Waals surface area contributed by atoms with Gasteiger partial charge in [-0.1, -0.05) is 42.1 Å². The summed E-state index contributed by atoms with van der Waals surface area (Å²) in [7, 11) is -0.739. The second-order valence-electron chi connectivity index (χ2n) is 8.87. The van der Waals surface area contributed by atoms with Crippen LogP contribution in [0, 0.1) is 20.8 Å². The van der Waals surface area contributed by atoms with Gasteiger partial charge in [-0.15, -0.1) is 0 Å². The third kappa shape index (κ3) is 5.31. The molecule has 37 heavy (non-hydrogen) atoms. The van der Waals surface area contributed by atoms with Gasteiger partial charge < -0.3 is 5.32 Å². The highest BCUT2D eigenvalue weighted by molar-refractivity contribution is 7.99. The average Bonchev–Trinajstić information content (AvgIpc) is 2.86. The average molecular weight is 537 g/mol. The molecule has 0 aliphatic carbocycles. The molecule has 8 nitrogen and oxygen atoms in total. The molecule has 0 radical (unpaired) electrons. The first-order valence-electron chi connectivity index (χ1n) is 11.5. The molecule has 1 heterocycles. The number of carbonyl (C=O) groups excluding carboxylic acids is 1. The number of hydrogen-bond donors (Lipinski definition) is 1. The molecule has 1 N–H and O–H groups in total. The Morgan fingerprint density at radius 2 is 1.73 bits per heavy atom. The van der Waals surface area contributed by atoms with Crippen molar-refractivity contribution in [1.29, 1.82) is 0 Å². The number of hydrogen-bond acceptors (Lipinski definition) is 6. The maximum absolute atomic E-state index is 13.5. The molecule has 4 rings (SSSR count). The molecule has 192 valence electrons.